The first-order valence-electron chi connectivity index (χ1n) is 6.77. The van der Waals surface area contributed by atoms with Gasteiger partial charge in [-0.2, -0.15) is 18.4 Å². The maximum atomic E-state index is 9.92. The van der Waals surface area contributed by atoms with Gasteiger partial charge in [-0.05, 0) is 14.1 Å². The van der Waals surface area contributed by atoms with Crippen LogP contribution in [0.25, 0.3) is 0 Å². The molecule has 0 unspecified atom stereocenters. The molecule has 0 aliphatic rings. The Morgan fingerprint density at radius 2 is 1.33 bits per heavy atom. The summed E-state index contributed by atoms with van der Waals surface area (Å²) in [6, 6.07) is 0. The summed E-state index contributed by atoms with van der Waals surface area (Å²) in [4.78, 5) is 13.8. The average molecular weight is 528 g/mol. The van der Waals surface area contributed by atoms with Crippen molar-refractivity contribution in [1.82, 2.24) is 19.9 Å². The Kier molecular flexibility index (Phi) is 11.7. The third kappa shape index (κ3) is 11.8. The highest BCUT2D eigenvalue weighted by Crippen LogP contribution is 2.40. The normalized spacial score (nSPS) is 12.6. The van der Waals surface area contributed by atoms with E-state index < -0.39 is 18.0 Å². The van der Waals surface area contributed by atoms with E-state index in [9.17, 15) is 8.42 Å². The van der Waals surface area contributed by atoms with Crippen molar-refractivity contribution in [2.75, 3.05) is 46.7 Å². The number of halogens is 6. The molecule has 0 saturated heterocycles. The predicted molar refractivity (Wildman–Crippen MR) is 108 cm³/mol. The fourth-order valence-electron chi connectivity index (χ4n) is 1.17. The van der Waals surface area contributed by atoms with E-state index in [0.717, 1.165) is 20.8 Å². The van der Waals surface area contributed by atoms with Gasteiger partial charge in [0, 0.05) is 13.1 Å². The fraction of sp³-hybridized carbons (Fsp3) is 0.727. The summed E-state index contributed by atoms with van der Waals surface area (Å²) in [5.74, 6) is -0.0677. The van der Waals surface area contributed by atoms with E-state index in [0.29, 0.717) is 6.54 Å². The Bertz CT molecular complexity index is 653. The van der Waals surface area contributed by atoms with Crippen LogP contribution in [0, 0.1) is 0 Å². The Labute approximate surface area is 187 Å². The first-order valence-corrected chi connectivity index (χ1v) is 10.4. The molecule has 0 amide bonds. The molecule has 1 N–H and O–H groups in total. The average Bonchev–Trinajstić information content (AvgIpc) is 2.53. The summed E-state index contributed by atoms with van der Waals surface area (Å²) in [7, 11) is 2.25. The summed E-state index contributed by atoms with van der Waals surface area (Å²) < 4.78 is 23.8. The molecule has 0 saturated carbocycles. The van der Waals surface area contributed by atoms with E-state index in [-0.39, 0.29) is 17.6 Å². The summed E-state index contributed by atoms with van der Waals surface area (Å²) in [5.41, 5.74) is 0. The molecule has 0 radical (unpaired) electrons. The lowest BCUT2D eigenvalue weighted by Gasteiger charge is -2.16. The number of nitrogens with zero attached hydrogens (tertiary/aromatic N) is 4. The number of hydrogen-bond acceptors (Lipinski definition) is 9. The highest BCUT2D eigenvalue weighted by Gasteiger charge is 2.33. The minimum atomic E-state index is -3.66. The van der Waals surface area contributed by atoms with Gasteiger partial charge in [0.2, 0.25) is 13.5 Å². The molecular weight excluding hydrogens is 511 g/mol. The van der Waals surface area contributed by atoms with Crippen molar-refractivity contribution in [3.05, 3.63) is 11.6 Å². The Hall–Kier alpha value is 0.380. The largest absolute Gasteiger partial charge is 0.399 e. The SMILES string of the molecule is CN(C)CCNc1nc(C(Cl)(Cl)Cl)nc(C(Cl)(Cl)Cl)n1.COS(=O)(=O)OC. The zero-order valence-electron chi connectivity index (χ0n) is 14.5. The van der Waals surface area contributed by atoms with Gasteiger partial charge in [0.15, 0.2) is 11.6 Å². The summed E-state index contributed by atoms with van der Waals surface area (Å²) >= 11 is 34.5. The van der Waals surface area contributed by atoms with E-state index in [1.165, 1.54) is 0 Å². The van der Waals surface area contributed by atoms with Crippen LogP contribution in [0.15, 0.2) is 0 Å². The minimum Gasteiger partial charge on any atom is -0.353 e. The first kappa shape index (κ1) is 27.4. The van der Waals surface area contributed by atoms with Gasteiger partial charge in [0.25, 0.3) is 0 Å². The molecule has 0 bridgehead atoms. The molecule has 0 aliphatic heterocycles. The lowest BCUT2D eigenvalue weighted by atomic mass is 10.5. The van der Waals surface area contributed by atoms with Crippen molar-refractivity contribution in [2.24, 2.45) is 0 Å². The molecule has 0 aliphatic carbocycles. The van der Waals surface area contributed by atoms with Gasteiger partial charge in [-0.25, -0.2) is 4.98 Å². The second-order valence-corrected chi connectivity index (χ2v) is 10.8. The first-order chi connectivity index (χ1) is 12.1. The standard InChI is InChI=1S/C9H11Cl6N5.C2H6O4S/c1-20(2)4-3-16-7-18-5(8(10,11)12)17-6(19-7)9(13,14)15;1-5-7(3,4)6-2/h3-4H2,1-2H3,(H,16,17,18,19);1-2H3. The van der Waals surface area contributed by atoms with Gasteiger partial charge in [0.1, 0.15) is 0 Å². The van der Waals surface area contributed by atoms with E-state index in [4.69, 9.17) is 69.6 Å². The third-order valence-corrected chi connectivity index (χ3v) is 4.22. The van der Waals surface area contributed by atoms with E-state index in [1.54, 1.807) is 0 Å². The van der Waals surface area contributed by atoms with Gasteiger partial charge in [-0.1, -0.05) is 69.6 Å². The lowest BCUT2D eigenvalue weighted by Crippen LogP contribution is -2.23. The van der Waals surface area contributed by atoms with Crippen LogP contribution in [-0.2, 0) is 26.4 Å². The molecule has 9 nitrogen and oxygen atoms in total. The molecule has 0 fully saturated rings. The fourth-order valence-corrected chi connectivity index (χ4v) is 1.81. The third-order valence-electron chi connectivity index (χ3n) is 2.39. The highest BCUT2D eigenvalue weighted by atomic mass is 35.6. The van der Waals surface area contributed by atoms with Crippen LogP contribution in [0.4, 0.5) is 5.95 Å². The monoisotopic (exact) mass is 525 g/mol. The molecule has 0 aromatic carbocycles. The van der Waals surface area contributed by atoms with Gasteiger partial charge >= 0.3 is 10.4 Å². The van der Waals surface area contributed by atoms with E-state index in [2.05, 4.69) is 28.6 Å². The van der Waals surface area contributed by atoms with Crippen molar-refractivity contribution in [3.8, 4) is 0 Å². The van der Waals surface area contributed by atoms with Crippen LogP contribution in [-0.4, -0.2) is 69.7 Å². The van der Waals surface area contributed by atoms with Crippen LogP contribution in [0.2, 0.25) is 0 Å². The number of aromatic nitrogens is 3. The molecule has 1 heterocycles. The van der Waals surface area contributed by atoms with Crippen LogP contribution < -0.4 is 5.32 Å². The summed E-state index contributed by atoms with van der Waals surface area (Å²) in [6.07, 6.45) is 0. The number of anilines is 1. The van der Waals surface area contributed by atoms with E-state index >= 15 is 0 Å². The van der Waals surface area contributed by atoms with Crippen LogP contribution >= 0.6 is 69.6 Å². The van der Waals surface area contributed by atoms with Crippen LogP contribution in [0.1, 0.15) is 11.6 Å². The zero-order valence-corrected chi connectivity index (χ0v) is 19.9. The highest BCUT2D eigenvalue weighted by molar-refractivity contribution is 7.81. The van der Waals surface area contributed by atoms with Gasteiger partial charge in [-0.3, -0.25) is 8.37 Å². The zero-order chi connectivity index (χ0) is 21.5. The second kappa shape index (κ2) is 11.5. The molecule has 16 heteroatoms. The molecule has 1 rings (SSSR count). The van der Waals surface area contributed by atoms with Crippen molar-refractivity contribution < 1.29 is 16.8 Å². The van der Waals surface area contributed by atoms with Gasteiger partial charge in [0.05, 0.1) is 14.2 Å². The Balaban J connectivity index is 0.000000821. The van der Waals surface area contributed by atoms with Crippen molar-refractivity contribution in [1.29, 1.82) is 0 Å². The molecule has 1 aromatic heterocycles. The maximum Gasteiger partial charge on any atom is 0.399 e. The number of hydrogen-bond donors (Lipinski definition) is 1. The Morgan fingerprint density at radius 1 is 0.926 bits per heavy atom. The molecule has 1 aromatic rings. The number of alkyl halides is 6. The quantitative estimate of drug-likeness (QED) is 0.558. The van der Waals surface area contributed by atoms with Gasteiger partial charge < -0.3 is 10.2 Å². The predicted octanol–water partition coefficient (Wildman–Crippen LogP) is 3.02. The second-order valence-electron chi connectivity index (χ2n) is 4.77. The molecule has 0 spiro atoms. The topological polar surface area (TPSA) is 107 Å². The smallest absolute Gasteiger partial charge is 0.353 e. The molecule has 27 heavy (non-hydrogen) atoms. The van der Waals surface area contributed by atoms with Crippen molar-refractivity contribution in [2.45, 2.75) is 7.59 Å². The summed E-state index contributed by atoms with van der Waals surface area (Å²) in [6.45, 7) is 1.31. The lowest BCUT2D eigenvalue weighted by molar-refractivity contribution is 0.286. The Morgan fingerprint density at radius 3 is 1.59 bits per heavy atom. The van der Waals surface area contributed by atoms with E-state index in [1.807, 2.05) is 19.0 Å². The van der Waals surface area contributed by atoms with Gasteiger partial charge in [-0.15, -0.1) is 0 Å². The van der Waals surface area contributed by atoms with Crippen molar-refractivity contribution in [3.63, 3.8) is 0 Å². The number of nitrogens with one attached hydrogen (secondary N) is 1. The number of likely N-dealkylation sites (N-methyl/N-ethyl adjacent to an activating group) is 1. The molecule has 158 valence electrons. The van der Waals surface area contributed by atoms with Crippen LogP contribution in [0.5, 0.6) is 0 Å². The van der Waals surface area contributed by atoms with Crippen LogP contribution in [0.3, 0.4) is 0 Å². The minimum absolute atomic E-state index is 0.119. The number of rotatable bonds is 6. The molecular formula is C11H17Cl6N5O4S. The summed E-state index contributed by atoms with van der Waals surface area (Å²) in [5, 5.41) is 2.95. The molecule has 0 atom stereocenters. The van der Waals surface area contributed by atoms with Crippen molar-refractivity contribution >= 4 is 86.0 Å². The maximum absolute atomic E-state index is 9.92.